The largest absolute Gasteiger partial charge is 0.379 e. The molecular formula is C19H30N4O3S. The van der Waals surface area contributed by atoms with E-state index in [1.165, 1.54) is 6.26 Å². The Labute approximate surface area is 162 Å². The van der Waals surface area contributed by atoms with E-state index in [0.717, 1.165) is 63.9 Å². The third kappa shape index (κ3) is 5.43. The second-order valence-corrected chi connectivity index (χ2v) is 9.14. The van der Waals surface area contributed by atoms with Gasteiger partial charge in [-0.2, -0.15) is 0 Å². The van der Waals surface area contributed by atoms with Crippen molar-refractivity contribution in [2.75, 3.05) is 52.2 Å². The van der Waals surface area contributed by atoms with E-state index in [0.29, 0.717) is 17.5 Å². The number of hydrogen-bond donors (Lipinski definition) is 1. The molecule has 0 saturated carbocycles. The molecule has 2 aliphatic heterocycles. The maximum Gasteiger partial charge on any atom is 0.194 e. The lowest BCUT2D eigenvalue weighted by Gasteiger charge is -2.32. The first-order valence-electron chi connectivity index (χ1n) is 9.61. The molecule has 1 aromatic rings. The molecule has 0 aromatic heterocycles. The van der Waals surface area contributed by atoms with Crippen LogP contribution in [0.4, 0.5) is 0 Å². The van der Waals surface area contributed by atoms with Crippen LogP contribution in [0.25, 0.3) is 0 Å². The van der Waals surface area contributed by atoms with Gasteiger partial charge in [-0.05, 0) is 31.0 Å². The summed E-state index contributed by atoms with van der Waals surface area (Å²) in [5.41, 5.74) is 1.00. The molecule has 0 bridgehead atoms. The van der Waals surface area contributed by atoms with Gasteiger partial charge in [0.2, 0.25) is 0 Å². The minimum absolute atomic E-state index is 0.343. The average molecular weight is 395 g/mol. The molecular weight excluding hydrogens is 364 g/mol. The summed E-state index contributed by atoms with van der Waals surface area (Å²) < 4.78 is 28.6. The van der Waals surface area contributed by atoms with Crippen molar-refractivity contribution < 1.29 is 13.2 Å². The molecule has 7 nitrogen and oxygen atoms in total. The highest BCUT2D eigenvalue weighted by atomic mass is 32.2. The van der Waals surface area contributed by atoms with Crippen molar-refractivity contribution in [2.24, 2.45) is 4.99 Å². The van der Waals surface area contributed by atoms with Crippen molar-refractivity contribution in [1.82, 2.24) is 15.1 Å². The minimum Gasteiger partial charge on any atom is -0.379 e. The van der Waals surface area contributed by atoms with Crippen LogP contribution in [-0.4, -0.2) is 82.4 Å². The van der Waals surface area contributed by atoms with Crippen LogP contribution in [0.5, 0.6) is 0 Å². The number of hydrogen-bond acceptors (Lipinski definition) is 5. The normalized spacial score (nSPS) is 22.2. The van der Waals surface area contributed by atoms with Crippen LogP contribution >= 0.6 is 0 Å². The van der Waals surface area contributed by atoms with Crippen LogP contribution in [-0.2, 0) is 21.1 Å². The van der Waals surface area contributed by atoms with E-state index in [2.05, 4.69) is 22.0 Å². The molecule has 0 aliphatic carbocycles. The van der Waals surface area contributed by atoms with E-state index >= 15 is 0 Å². The SMILES string of the molecule is CCNC(=NCc1ccc(S(C)(=O)=O)cc1)N1CCC(N2CCOCC2)C1. The molecule has 0 spiro atoms. The smallest absolute Gasteiger partial charge is 0.194 e. The molecule has 1 N–H and O–H groups in total. The molecule has 1 atom stereocenters. The van der Waals surface area contributed by atoms with Gasteiger partial charge in [0.05, 0.1) is 24.7 Å². The van der Waals surface area contributed by atoms with Gasteiger partial charge >= 0.3 is 0 Å². The highest BCUT2D eigenvalue weighted by Crippen LogP contribution is 2.17. The van der Waals surface area contributed by atoms with Crippen molar-refractivity contribution in [3.63, 3.8) is 0 Å². The molecule has 2 aliphatic rings. The van der Waals surface area contributed by atoms with E-state index < -0.39 is 9.84 Å². The Balaban J connectivity index is 1.62. The van der Waals surface area contributed by atoms with E-state index in [9.17, 15) is 8.42 Å². The molecule has 8 heteroatoms. The van der Waals surface area contributed by atoms with Gasteiger partial charge in [-0.15, -0.1) is 0 Å². The number of sulfone groups is 1. The number of nitrogens with zero attached hydrogens (tertiary/aromatic N) is 3. The summed E-state index contributed by atoms with van der Waals surface area (Å²) in [5, 5.41) is 3.39. The molecule has 3 rings (SSSR count). The standard InChI is InChI=1S/C19H30N4O3S/c1-3-20-19(21-14-16-4-6-18(7-5-16)27(2,24)25)23-9-8-17(15-23)22-10-12-26-13-11-22/h4-7,17H,3,8-15H2,1-2H3,(H,20,21). The summed E-state index contributed by atoms with van der Waals surface area (Å²) in [6.07, 6.45) is 2.37. The van der Waals surface area contributed by atoms with Crippen molar-refractivity contribution in [1.29, 1.82) is 0 Å². The third-order valence-electron chi connectivity index (χ3n) is 5.12. The molecule has 2 heterocycles. The fourth-order valence-electron chi connectivity index (χ4n) is 3.61. The predicted octanol–water partition coefficient (Wildman–Crippen LogP) is 0.962. The summed E-state index contributed by atoms with van der Waals surface area (Å²) in [7, 11) is -3.16. The number of morpholine rings is 1. The Kier molecular flexibility index (Phi) is 6.73. The van der Waals surface area contributed by atoms with E-state index in [1.54, 1.807) is 12.1 Å². The fourth-order valence-corrected chi connectivity index (χ4v) is 4.24. The molecule has 0 radical (unpaired) electrons. The lowest BCUT2D eigenvalue weighted by atomic mass is 10.2. The van der Waals surface area contributed by atoms with Crippen molar-refractivity contribution in [3.05, 3.63) is 29.8 Å². The lowest BCUT2D eigenvalue weighted by molar-refractivity contribution is 0.0195. The second-order valence-electron chi connectivity index (χ2n) is 7.12. The summed E-state index contributed by atoms with van der Waals surface area (Å²) in [6, 6.07) is 7.54. The van der Waals surface area contributed by atoms with Crippen LogP contribution in [0.3, 0.4) is 0 Å². The van der Waals surface area contributed by atoms with Gasteiger partial charge in [0.1, 0.15) is 0 Å². The van der Waals surface area contributed by atoms with Crippen LogP contribution in [0.15, 0.2) is 34.2 Å². The van der Waals surface area contributed by atoms with Gasteiger partial charge < -0.3 is 15.0 Å². The maximum absolute atomic E-state index is 11.6. The number of guanidine groups is 1. The highest BCUT2D eigenvalue weighted by molar-refractivity contribution is 7.90. The number of benzene rings is 1. The summed E-state index contributed by atoms with van der Waals surface area (Å²) in [6.45, 7) is 9.10. The first kappa shape index (κ1) is 20.1. The van der Waals surface area contributed by atoms with E-state index in [-0.39, 0.29) is 0 Å². The highest BCUT2D eigenvalue weighted by Gasteiger charge is 2.30. The minimum atomic E-state index is -3.16. The zero-order chi connectivity index (χ0) is 19.3. The Morgan fingerprint density at radius 1 is 1.22 bits per heavy atom. The monoisotopic (exact) mass is 394 g/mol. The number of nitrogens with one attached hydrogen (secondary N) is 1. The van der Waals surface area contributed by atoms with Crippen LogP contribution in [0, 0.1) is 0 Å². The van der Waals surface area contributed by atoms with Crippen LogP contribution in [0.2, 0.25) is 0 Å². The van der Waals surface area contributed by atoms with Crippen molar-refractivity contribution in [3.8, 4) is 0 Å². The first-order valence-corrected chi connectivity index (χ1v) is 11.5. The van der Waals surface area contributed by atoms with E-state index in [1.807, 2.05) is 12.1 Å². The maximum atomic E-state index is 11.6. The molecule has 150 valence electrons. The van der Waals surface area contributed by atoms with Gasteiger partial charge in [-0.1, -0.05) is 12.1 Å². The predicted molar refractivity (Wildman–Crippen MR) is 107 cm³/mol. The van der Waals surface area contributed by atoms with Gasteiger partial charge in [0.25, 0.3) is 0 Å². The topological polar surface area (TPSA) is 74.2 Å². The van der Waals surface area contributed by atoms with E-state index in [4.69, 9.17) is 9.73 Å². The molecule has 0 amide bonds. The average Bonchev–Trinajstić information content (AvgIpc) is 3.15. The van der Waals surface area contributed by atoms with Crippen LogP contribution in [0.1, 0.15) is 18.9 Å². The number of rotatable bonds is 5. The molecule has 2 saturated heterocycles. The van der Waals surface area contributed by atoms with Crippen molar-refractivity contribution >= 4 is 15.8 Å². The molecule has 27 heavy (non-hydrogen) atoms. The van der Waals surface area contributed by atoms with Crippen molar-refractivity contribution in [2.45, 2.75) is 30.8 Å². The van der Waals surface area contributed by atoms with Gasteiger partial charge in [-0.25, -0.2) is 13.4 Å². The quantitative estimate of drug-likeness (QED) is 0.592. The van der Waals surface area contributed by atoms with Gasteiger partial charge in [0.15, 0.2) is 15.8 Å². The zero-order valence-corrected chi connectivity index (χ0v) is 17.0. The molecule has 1 aromatic carbocycles. The number of ether oxygens (including phenoxy) is 1. The van der Waals surface area contributed by atoms with Gasteiger partial charge in [0, 0.05) is 45.0 Å². The number of aliphatic imine (C=N–C) groups is 1. The first-order chi connectivity index (χ1) is 13.0. The number of likely N-dealkylation sites (tertiary alicyclic amines) is 1. The molecule has 2 fully saturated rings. The second kappa shape index (κ2) is 9.03. The fraction of sp³-hybridized carbons (Fsp3) is 0.632. The van der Waals surface area contributed by atoms with Gasteiger partial charge in [-0.3, -0.25) is 4.90 Å². The molecule has 1 unspecified atom stereocenters. The Morgan fingerprint density at radius 3 is 2.56 bits per heavy atom. The zero-order valence-electron chi connectivity index (χ0n) is 16.2. The Bertz CT molecular complexity index is 743. The Morgan fingerprint density at radius 2 is 1.93 bits per heavy atom. The lowest BCUT2D eigenvalue weighted by Crippen LogP contribution is -2.46. The summed E-state index contributed by atoms with van der Waals surface area (Å²) >= 11 is 0. The van der Waals surface area contributed by atoms with Crippen LogP contribution < -0.4 is 5.32 Å². The summed E-state index contributed by atoms with van der Waals surface area (Å²) in [5.74, 6) is 0.931. The Hall–Kier alpha value is -1.64. The third-order valence-corrected chi connectivity index (χ3v) is 6.25. The summed E-state index contributed by atoms with van der Waals surface area (Å²) in [4.78, 5) is 9.97.